The number of benzene rings is 2. The molecule has 2 aromatic rings. The first-order valence-electron chi connectivity index (χ1n) is 8.31. The Hall–Kier alpha value is -3.15. The van der Waals surface area contributed by atoms with Crippen LogP contribution in [0.3, 0.4) is 0 Å². The maximum Gasteiger partial charge on any atom is 0.271 e. The van der Waals surface area contributed by atoms with Crippen molar-refractivity contribution in [3.63, 3.8) is 0 Å². The molecule has 0 radical (unpaired) electrons. The van der Waals surface area contributed by atoms with Gasteiger partial charge in [-0.2, -0.15) is 5.10 Å². The van der Waals surface area contributed by atoms with Crippen LogP contribution >= 0.6 is 0 Å². The lowest BCUT2D eigenvalue weighted by Gasteiger charge is -2.14. The van der Waals surface area contributed by atoms with Crippen molar-refractivity contribution < 1.29 is 14.3 Å². The van der Waals surface area contributed by atoms with Crippen molar-refractivity contribution in [1.82, 2.24) is 10.7 Å². The molecule has 0 saturated heterocycles. The summed E-state index contributed by atoms with van der Waals surface area (Å²) >= 11 is 0. The highest BCUT2D eigenvalue weighted by Gasteiger charge is 2.11. The van der Waals surface area contributed by atoms with Crippen molar-refractivity contribution in [1.29, 1.82) is 0 Å². The largest absolute Gasteiger partial charge is 0.497 e. The summed E-state index contributed by atoms with van der Waals surface area (Å²) in [5, 5.41) is 6.90. The standard InChI is InChI=1S/C20H23N3O3/c1-14(13-19(24)21-15(2)16-7-5-4-6-8-16)22-23-20(25)17-9-11-18(26-3)12-10-17/h4-12,15H,13H2,1-3H3,(H,21,24)(H,23,25)/b22-14-/t15-/m1/s1. The third-order valence-corrected chi connectivity index (χ3v) is 3.79. The van der Waals surface area contributed by atoms with Crippen LogP contribution < -0.4 is 15.5 Å². The predicted molar refractivity (Wildman–Crippen MR) is 101 cm³/mol. The van der Waals surface area contributed by atoms with Crippen LogP contribution in [0.4, 0.5) is 0 Å². The minimum atomic E-state index is -0.343. The molecule has 2 aromatic carbocycles. The van der Waals surface area contributed by atoms with Gasteiger partial charge < -0.3 is 10.1 Å². The summed E-state index contributed by atoms with van der Waals surface area (Å²) in [4.78, 5) is 24.1. The number of nitrogens with zero attached hydrogens (tertiary/aromatic N) is 1. The van der Waals surface area contributed by atoms with Crippen LogP contribution in [0.1, 0.15) is 42.2 Å². The smallest absolute Gasteiger partial charge is 0.271 e. The number of hydrogen-bond acceptors (Lipinski definition) is 4. The average molecular weight is 353 g/mol. The Morgan fingerprint density at radius 1 is 1.08 bits per heavy atom. The zero-order chi connectivity index (χ0) is 18.9. The van der Waals surface area contributed by atoms with Crippen molar-refractivity contribution >= 4 is 17.5 Å². The Labute approximate surface area is 153 Å². The molecule has 2 amide bonds. The van der Waals surface area contributed by atoms with E-state index in [4.69, 9.17) is 4.74 Å². The van der Waals surface area contributed by atoms with Gasteiger partial charge in [-0.25, -0.2) is 5.43 Å². The van der Waals surface area contributed by atoms with E-state index < -0.39 is 0 Å². The molecule has 1 atom stereocenters. The molecule has 26 heavy (non-hydrogen) atoms. The normalized spacial score (nSPS) is 12.2. The first-order valence-corrected chi connectivity index (χ1v) is 8.31. The lowest BCUT2D eigenvalue weighted by Crippen LogP contribution is -2.28. The fourth-order valence-corrected chi connectivity index (χ4v) is 2.34. The van der Waals surface area contributed by atoms with E-state index in [1.807, 2.05) is 37.3 Å². The lowest BCUT2D eigenvalue weighted by atomic mass is 10.1. The fourth-order valence-electron chi connectivity index (χ4n) is 2.34. The van der Waals surface area contributed by atoms with E-state index >= 15 is 0 Å². The number of carbonyl (C=O) groups is 2. The van der Waals surface area contributed by atoms with E-state index in [0.29, 0.717) is 17.0 Å². The van der Waals surface area contributed by atoms with Crippen LogP contribution in [-0.2, 0) is 4.79 Å². The number of amides is 2. The molecule has 0 aromatic heterocycles. The second-order valence-electron chi connectivity index (χ2n) is 5.89. The zero-order valence-electron chi connectivity index (χ0n) is 15.2. The summed E-state index contributed by atoms with van der Waals surface area (Å²) in [5.41, 5.74) is 4.47. The van der Waals surface area contributed by atoms with E-state index in [1.54, 1.807) is 38.3 Å². The van der Waals surface area contributed by atoms with Crippen molar-refractivity contribution in [3.8, 4) is 5.75 Å². The average Bonchev–Trinajstić information content (AvgIpc) is 2.66. The molecular weight excluding hydrogens is 330 g/mol. The Morgan fingerprint density at radius 3 is 2.35 bits per heavy atom. The van der Waals surface area contributed by atoms with Crippen molar-refractivity contribution in [2.45, 2.75) is 26.3 Å². The number of ether oxygens (including phenoxy) is 1. The Bertz CT molecular complexity index is 771. The van der Waals surface area contributed by atoms with Crippen LogP contribution in [0.15, 0.2) is 59.7 Å². The van der Waals surface area contributed by atoms with Gasteiger partial charge in [0, 0.05) is 11.3 Å². The quantitative estimate of drug-likeness (QED) is 0.593. The van der Waals surface area contributed by atoms with Crippen molar-refractivity contribution in [2.75, 3.05) is 7.11 Å². The number of nitrogens with one attached hydrogen (secondary N) is 2. The molecule has 0 aliphatic carbocycles. The highest BCUT2D eigenvalue weighted by atomic mass is 16.5. The minimum Gasteiger partial charge on any atom is -0.497 e. The number of carbonyl (C=O) groups excluding carboxylic acids is 2. The maximum atomic E-state index is 12.1. The molecule has 0 saturated carbocycles. The molecule has 0 unspecified atom stereocenters. The summed E-state index contributed by atoms with van der Waals surface area (Å²) in [5.74, 6) is 0.178. The third kappa shape index (κ3) is 5.73. The number of hydrogen-bond donors (Lipinski definition) is 2. The third-order valence-electron chi connectivity index (χ3n) is 3.79. The highest BCUT2D eigenvalue weighted by Crippen LogP contribution is 2.12. The van der Waals surface area contributed by atoms with Gasteiger partial charge in [-0.15, -0.1) is 0 Å². The molecular formula is C20H23N3O3. The molecule has 6 heteroatoms. The SMILES string of the molecule is COc1ccc(C(=O)N/N=C(/C)CC(=O)N[C@H](C)c2ccccc2)cc1. The number of hydrazone groups is 1. The van der Waals surface area contributed by atoms with Crippen LogP contribution in [0.25, 0.3) is 0 Å². The van der Waals surface area contributed by atoms with E-state index in [-0.39, 0.29) is 24.3 Å². The Morgan fingerprint density at radius 2 is 1.73 bits per heavy atom. The van der Waals surface area contributed by atoms with Crippen LogP contribution in [0.2, 0.25) is 0 Å². The zero-order valence-corrected chi connectivity index (χ0v) is 15.2. The first-order chi connectivity index (χ1) is 12.5. The van der Waals surface area contributed by atoms with E-state index in [0.717, 1.165) is 5.56 Å². The van der Waals surface area contributed by atoms with Gasteiger partial charge in [0.2, 0.25) is 5.91 Å². The van der Waals surface area contributed by atoms with Crippen molar-refractivity contribution in [2.24, 2.45) is 5.10 Å². The van der Waals surface area contributed by atoms with Crippen LogP contribution in [-0.4, -0.2) is 24.6 Å². The first kappa shape index (κ1) is 19.2. The number of methoxy groups -OCH3 is 1. The molecule has 0 spiro atoms. The van der Waals surface area contributed by atoms with Gasteiger partial charge in [-0.05, 0) is 43.7 Å². The van der Waals surface area contributed by atoms with Gasteiger partial charge in [0.25, 0.3) is 5.91 Å². The van der Waals surface area contributed by atoms with Crippen LogP contribution in [0, 0.1) is 0 Å². The maximum absolute atomic E-state index is 12.1. The van der Waals surface area contributed by atoms with Crippen molar-refractivity contribution in [3.05, 3.63) is 65.7 Å². The summed E-state index contributed by atoms with van der Waals surface area (Å²) < 4.78 is 5.05. The van der Waals surface area contributed by atoms with Gasteiger partial charge in [-0.1, -0.05) is 30.3 Å². The highest BCUT2D eigenvalue weighted by molar-refractivity contribution is 6.01. The molecule has 0 aliphatic rings. The monoisotopic (exact) mass is 353 g/mol. The molecule has 2 N–H and O–H groups in total. The Balaban J connectivity index is 1.84. The van der Waals surface area contributed by atoms with E-state index in [2.05, 4.69) is 15.8 Å². The molecule has 0 bridgehead atoms. The lowest BCUT2D eigenvalue weighted by molar-refractivity contribution is -0.120. The molecule has 0 aliphatic heterocycles. The topological polar surface area (TPSA) is 79.8 Å². The second kappa shape index (κ2) is 9.36. The summed E-state index contributed by atoms with van der Waals surface area (Å²) in [6, 6.07) is 16.3. The molecule has 136 valence electrons. The van der Waals surface area contributed by atoms with Crippen LogP contribution in [0.5, 0.6) is 5.75 Å². The van der Waals surface area contributed by atoms with Gasteiger partial charge in [-0.3, -0.25) is 9.59 Å². The molecule has 2 rings (SSSR count). The van der Waals surface area contributed by atoms with Gasteiger partial charge in [0.1, 0.15) is 5.75 Å². The Kier molecular flexibility index (Phi) is 6.91. The number of rotatable bonds is 7. The van der Waals surface area contributed by atoms with Gasteiger partial charge in [0.05, 0.1) is 19.6 Å². The van der Waals surface area contributed by atoms with Gasteiger partial charge in [0.15, 0.2) is 0 Å². The fraction of sp³-hybridized carbons (Fsp3) is 0.250. The molecule has 0 heterocycles. The van der Waals surface area contributed by atoms with Gasteiger partial charge >= 0.3 is 0 Å². The van der Waals surface area contributed by atoms with E-state index in [9.17, 15) is 9.59 Å². The predicted octanol–water partition coefficient (Wildman–Crippen LogP) is 3.07. The summed E-state index contributed by atoms with van der Waals surface area (Å²) in [6.07, 6.45) is 0.111. The second-order valence-corrected chi connectivity index (χ2v) is 5.89. The molecule has 6 nitrogen and oxygen atoms in total. The minimum absolute atomic E-state index is 0.0922. The summed E-state index contributed by atoms with van der Waals surface area (Å²) in [6.45, 7) is 3.62. The van der Waals surface area contributed by atoms with E-state index in [1.165, 1.54) is 0 Å². The summed E-state index contributed by atoms with van der Waals surface area (Å²) in [7, 11) is 1.56. The molecule has 0 fully saturated rings.